The van der Waals surface area contributed by atoms with Crippen LogP contribution in [0.3, 0.4) is 0 Å². The molecular formula is C12H18N2S. The zero-order chi connectivity index (χ0) is 10.5. The van der Waals surface area contributed by atoms with Crippen LogP contribution >= 0.6 is 11.8 Å². The van der Waals surface area contributed by atoms with Gasteiger partial charge in [0.1, 0.15) is 0 Å². The third-order valence-corrected chi connectivity index (χ3v) is 4.10. The van der Waals surface area contributed by atoms with E-state index in [1.807, 2.05) is 12.4 Å². The molecular weight excluding hydrogens is 204 g/mol. The van der Waals surface area contributed by atoms with Crippen molar-refractivity contribution in [3.63, 3.8) is 0 Å². The fraction of sp³-hybridized carbons (Fsp3) is 0.583. The summed E-state index contributed by atoms with van der Waals surface area (Å²) in [6, 6.07) is 2.77. The minimum Gasteiger partial charge on any atom is -0.309 e. The summed E-state index contributed by atoms with van der Waals surface area (Å²) in [6.07, 6.45) is 6.51. The van der Waals surface area contributed by atoms with Gasteiger partial charge in [0.2, 0.25) is 0 Å². The Morgan fingerprint density at radius 1 is 1.60 bits per heavy atom. The lowest BCUT2D eigenvalue weighted by Crippen LogP contribution is -2.33. The maximum atomic E-state index is 4.16. The number of hydrogen-bond donors (Lipinski definition) is 1. The number of nitrogens with zero attached hydrogens (tertiary/aromatic N) is 1. The number of aromatic nitrogens is 1. The van der Waals surface area contributed by atoms with Crippen LogP contribution in [0.2, 0.25) is 0 Å². The first-order valence-corrected chi connectivity index (χ1v) is 6.72. The maximum absolute atomic E-state index is 4.16. The van der Waals surface area contributed by atoms with E-state index in [2.05, 4.69) is 35.1 Å². The van der Waals surface area contributed by atoms with E-state index in [-0.39, 0.29) is 0 Å². The predicted molar refractivity (Wildman–Crippen MR) is 66.2 cm³/mol. The van der Waals surface area contributed by atoms with E-state index < -0.39 is 0 Å². The van der Waals surface area contributed by atoms with Crippen molar-refractivity contribution in [2.24, 2.45) is 0 Å². The van der Waals surface area contributed by atoms with Gasteiger partial charge in [0.15, 0.2) is 0 Å². The summed E-state index contributed by atoms with van der Waals surface area (Å²) in [7, 11) is 0. The molecule has 15 heavy (non-hydrogen) atoms. The van der Waals surface area contributed by atoms with E-state index in [0.29, 0.717) is 6.04 Å². The first kappa shape index (κ1) is 11.0. The zero-order valence-corrected chi connectivity index (χ0v) is 10.0. The predicted octanol–water partition coefficient (Wildman–Crippen LogP) is 2.38. The largest absolute Gasteiger partial charge is 0.309 e. The lowest BCUT2D eigenvalue weighted by Gasteiger charge is -2.22. The SMILES string of the molecule is Cc1ccncc1CNC1CCCSC1. The van der Waals surface area contributed by atoms with Crippen LogP contribution in [0.25, 0.3) is 0 Å². The van der Waals surface area contributed by atoms with Crippen LogP contribution in [0.15, 0.2) is 18.5 Å². The first-order chi connectivity index (χ1) is 7.36. The molecule has 1 aliphatic heterocycles. The van der Waals surface area contributed by atoms with Gasteiger partial charge in [0, 0.05) is 30.7 Å². The first-order valence-electron chi connectivity index (χ1n) is 5.57. The Balaban J connectivity index is 1.84. The smallest absolute Gasteiger partial charge is 0.0315 e. The lowest BCUT2D eigenvalue weighted by molar-refractivity contribution is 0.506. The molecule has 1 aromatic rings. The normalized spacial score (nSPS) is 21.5. The summed E-state index contributed by atoms with van der Waals surface area (Å²) in [5.74, 6) is 2.60. The number of pyridine rings is 1. The van der Waals surface area contributed by atoms with Crippen molar-refractivity contribution in [1.82, 2.24) is 10.3 Å². The standard InChI is InChI=1S/C12H18N2S/c1-10-4-5-13-7-11(10)8-14-12-3-2-6-15-9-12/h4-5,7,12,14H,2-3,6,8-9H2,1H3. The Bertz CT molecular complexity index is 308. The van der Waals surface area contributed by atoms with Gasteiger partial charge in [-0.05, 0) is 42.7 Å². The van der Waals surface area contributed by atoms with Gasteiger partial charge in [-0.1, -0.05) is 0 Å². The van der Waals surface area contributed by atoms with Crippen LogP contribution in [-0.2, 0) is 6.54 Å². The Kier molecular flexibility index (Phi) is 4.03. The molecule has 0 aliphatic carbocycles. The minimum absolute atomic E-state index is 0.698. The zero-order valence-electron chi connectivity index (χ0n) is 9.20. The van der Waals surface area contributed by atoms with Crippen LogP contribution in [0, 0.1) is 6.92 Å². The van der Waals surface area contributed by atoms with E-state index in [9.17, 15) is 0 Å². The van der Waals surface area contributed by atoms with Crippen molar-refractivity contribution in [2.75, 3.05) is 11.5 Å². The molecule has 0 bridgehead atoms. The van der Waals surface area contributed by atoms with E-state index in [1.54, 1.807) is 0 Å². The average Bonchev–Trinajstić information content (AvgIpc) is 2.29. The van der Waals surface area contributed by atoms with Crippen LogP contribution in [0.5, 0.6) is 0 Å². The highest BCUT2D eigenvalue weighted by atomic mass is 32.2. The van der Waals surface area contributed by atoms with Crippen LogP contribution in [-0.4, -0.2) is 22.5 Å². The van der Waals surface area contributed by atoms with E-state index in [0.717, 1.165) is 6.54 Å². The molecule has 3 heteroatoms. The Morgan fingerprint density at radius 2 is 2.53 bits per heavy atom. The van der Waals surface area contributed by atoms with Gasteiger partial charge in [0.05, 0.1) is 0 Å². The molecule has 82 valence electrons. The summed E-state index contributed by atoms with van der Waals surface area (Å²) >= 11 is 2.06. The molecule has 2 heterocycles. The van der Waals surface area contributed by atoms with E-state index in [1.165, 1.54) is 35.5 Å². The summed E-state index contributed by atoms with van der Waals surface area (Å²) in [4.78, 5) is 4.16. The Morgan fingerprint density at radius 3 is 3.27 bits per heavy atom. The summed E-state index contributed by atoms with van der Waals surface area (Å²) in [6.45, 7) is 3.11. The topological polar surface area (TPSA) is 24.9 Å². The highest BCUT2D eigenvalue weighted by Gasteiger charge is 2.12. The van der Waals surface area contributed by atoms with Gasteiger partial charge >= 0.3 is 0 Å². The van der Waals surface area contributed by atoms with E-state index >= 15 is 0 Å². The fourth-order valence-electron chi connectivity index (χ4n) is 1.84. The molecule has 1 N–H and O–H groups in total. The molecule has 0 aromatic carbocycles. The molecule has 1 aliphatic rings. The summed E-state index contributed by atoms with van der Waals surface area (Å²) < 4.78 is 0. The van der Waals surface area contributed by atoms with E-state index in [4.69, 9.17) is 0 Å². The number of aryl methyl sites for hydroxylation is 1. The molecule has 1 atom stereocenters. The number of thioether (sulfide) groups is 1. The summed E-state index contributed by atoms with van der Waals surface area (Å²) in [5.41, 5.74) is 2.66. The monoisotopic (exact) mass is 222 g/mol. The van der Waals surface area contributed by atoms with Crippen LogP contribution < -0.4 is 5.32 Å². The third kappa shape index (κ3) is 3.21. The van der Waals surface area contributed by atoms with Crippen molar-refractivity contribution >= 4 is 11.8 Å². The van der Waals surface area contributed by atoms with Gasteiger partial charge < -0.3 is 5.32 Å². The van der Waals surface area contributed by atoms with Gasteiger partial charge in [-0.2, -0.15) is 11.8 Å². The minimum atomic E-state index is 0.698. The summed E-state index contributed by atoms with van der Waals surface area (Å²) in [5, 5.41) is 3.62. The second-order valence-corrected chi connectivity index (χ2v) is 5.25. The Hall–Kier alpha value is -0.540. The number of rotatable bonds is 3. The molecule has 0 spiro atoms. The van der Waals surface area contributed by atoms with Crippen molar-refractivity contribution < 1.29 is 0 Å². The van der Waals surface area contributed by atoms with Gasteiger partial charge in [0.25, 0.3) is 0 Å². The van der Waals surface area contributed by atoms with Gasteiger partial charge in [-0.15, -0.1) is 0 Å². The third-order valence-electron chi connectivity index (χ3n) is 2.89. The Labute approximate surface area is 95.9 Å². The quantitative estimate of drug-likeness (QED) is 0.850. The highest BCUT2D eigenvalue weighted by molar-refractivity contribution is 7.99. The molecule has 0 saturated carbocycles. The van der Waals surface area contributed by atoms with Crippen molar-refractivity contribution in [3.05, 3.63) is 29.6 Å². The molecule has 0 radical (unpaired) electrons. The van der Waals surface area contributed by atoms with Crippen molar-refractivity contribution in [3.8, 4) is 0 Å². The molecule has 1 saturated heterocycles. The molecule has 0 amide bonds. The second kappa shape index (κ2) is 5.52. The van der Waals surface area contributed by atoms with Crippen LogP contribution in [0.4, 0.5) is 0 Å². The molecule has 1 aromatic heterocycles. The van der Waals surface area contributed by atoms with Gasteiger partial charge in [-0.3, -0.25) is 4.98 Å². The molecule has 1 unspecified atom stereocenters. The lowest BCUT2D eigenvalue weighted by atomic mass is 10.1. The molecule has 1 fully saturated rings. The molecule has 2 nitrogen and oxygen atoms in total. The number of hydrogen-bond acceptors (Lipinski definition) is 3. The second-order valence-electron chi connectivity index (χ2n) is 4.10. The van der Waals surface area contributed by atoms with Crippen molar-refractivity contribution in [1.29, 1.82) is 0 Å². The number of nitrogens with one attached hydrogen (secondary N) is 1. The van der Waals surface area contributed by atoms with Crippen LogP contribution in [0.1, 0.15) is 24.0 Å². The van der Waals surface area contributed by atoms with Crippen molar-refractivity contribution in [2.45, 2.75) is 32.4 Å². The highest BCUT2D eigenvalue weighted by Crippen LogP contribution is 2.17. The van der Waals surface area contributed by atoms with Gasteiger partial charge in [-0.25, -0.2) is 0 Å². The average molecular weight is 222 g/mol. The maximum Gasteiger partial charge on any atom is 0.0315 e. The molecule has 2 rings (SSSR count). The fourth-order valence-corrected chi connectivity index (χ4v) is 2.94.